The third-order valence-electron chi connectivity index (χ3n) is 4.60. The first-order chi connectivity index (χ1) is 16.0. The van der Waals surface area contributed by atoms with Crippen molar-refractivity contribution < 1.29 is 14.4 Å². The molecule has 0 aliphatic heterocycles. The molecule has 0 bridgehead atoms. The zero-order valence-corrected chi connectivity index (χ0v) is 19.1. The van der Waals surface area contributed by atoms with E-state index in [-0.39, 0.29) is 12.3 Å². The van der Waals surface area contributed by atoms with Gasteiger partial charge in [0.2, 0.25) is 0 Å². The fourth-order valence-corrected chi connectivity index (χ4v) is 3.53. The summed E-state index contributed by atoms with van der Waals surface area (Å²) in [6, 6.07) is 20.2. The van der Waals surface area contributed by atoms with Crippen LogP contribution in [0.3, 0.4) is 0 Å². The second kappa shape index (κ2) is 11.7. The van der Waals surface area contributed by atoms with Gasteiger partial charge in [0, 0.05) is 11.8 Å². The van der Waals surface area contributed by atoms with Gasteiger partial charge in [0.25, 0.3) is 5.69 Å². The summed E-state index contributed by atoms with van der Waals surface area (Å²) >= 11 is 1.40. The molecule has 0 spiro atoms. The first-order valence-corrected chi connectivity index (χ1v) is 11.0. The third kappa shape index (κ3) is 7.08. The van der Waals surface area contributed by atoms with Gasteiger partial charge in [-0.15, -0.1) is 5.10 Å². The zero-order valence-electron chi connectivity index (χ0n) is 18.3. The molecule has 0 heterocycles. The van der Waals surface area contributed by atoms with Crippen LogP contribution < -0.4 is 15.2 Å². The topological polar surface area (TPSA) is 112 Å². The Labute approximate surface area is 196 Å². The first kappa shape index (κ1) is 23.8. The maximum absolute atomic E-state index is 11.3. The van der Waals surface area contributed by atoms with Gasteiger partial charge in [0.05, 0.1) is 23.8 Å². The molecule has 0 radical (unpaired) electrons. The number of amidine groups is 1. The number of ether oxygens (including phenoxy) is 2. The Morgan fingerprint density at radius 2 is 1.91 bits per heavy atom. The number of nitro benzene ring substituents is 1. The quantitative estimate of drug-likeness (QED) is 0.205. The lowest BCUT2D eigenvalue weighted by atomic mass is 10.1. The number of rotatable bonds is 9. The van der Waals surface area contributed by atoms with Crippen molar-refractivity contribution in [1.29, 1.82) is 0 Å². The van der Waals surface area contributed by atoms with Gasteiger partial charge in [-0.05, 0) is 47.9 Å². The fraction of sp³-hybridized carbons (Fsp3) is 0.167. The van der Waals surface area contributed by atoms with Gasteiger partial charge >= 0.3 is 0 Å². The van der Waals surface area contributed by atoms with E-state index in [0.29, 0.717) is 28.0 Å². The summed E-state index contributed by atoms with van der Waals surface area (Å²) < 4.78 is 11.2. The highest BCUT2D eigenvalue weighted by Gasteiger charge is 2.15. The number of benzene rings is 3. The van der Waals surface area contributed by atoms with Crippen LogP contribution in [0, 0.1) is 17.0 Å². The molecule has 8 nitrogen and oxygen atoms in total. The number of aryl methyl sites for hydroxylation is 1. The van der Waals surface area contributed by atoms with Crippen molar-refractivity contribution in [3.63, 3.8) is 0 Å². The summed E-state index contributed by atoms with van der Waals surface area (Å²) in [5.74, 6) is 1.65. The molecule has 0 amide bonds. The molecule has 0 aliphatic carbocycles. The minimum Gasteiger partial charge on any atom is -0.493 e. The molecule has 2 N–H and O–H groups in total. The van der Waals surface area contributed by atoms with Crippen molar-refractivity contribution in [3.8, 4) is 11.5 Å². The highest BCUT2D eigenvalue weighted by molar-refractivity contribution is 8.13. The summed E-state index contributed by atoms with van der Waals surface area (Å²) in [4.78, 5) is 10.9. The van der Waals surface area contributed by atoms with Crippen LogP contribution in [0.5, 0.6) is 11.5 Å². The van der Waals surface area contributed by atoms with Crippen molar-refractivity contribution >= 4 is 28.8 Å². The number of nitrogens with zero attached hydrogens (tertiary/aromatic N) is 3. The Kier molecular flexibility index (Phi) is 8.43. The molecular weight excluding hydrogens is 440 g/mol. The number of thioether (sulfide) groups is 1. The molecule has 0 aliphatic rings. The average molecular weight is 465 g/mol. The molecule has 33 heavy (non-hydrogen) atoms. The zero-order chi connectivity index (χ0) is 23.6. The standard InChI is InChI=1S/C24H24N4O4S/c1-17-8-10-20(21(12-17)28(29)30)15-32-22-11-9-19(13-23(22)31-2)14-26-27-24(25)33-16-18-6-4-3-5-7-18/h3-14H,15-16H2,1-2H3,(H2,25,27). The Hall–Kier alpha value is -3.85. The van der Waals surface area contributed by atoms with Crippen molar-refractivity contribution in [3.05, 3.63) is 99.1 Å². The van der Waals surface area contributed by atoms with E-state index in [1.807, 2.05) is 36.4 Å². The fourth-order valence-electron chi connectivity index (χ4n) is 2.92. The van der Waals surface area contributed by atoms with Gasteiger partial charge in [0.1, 0.15) is 6.61 Å². The summed E-state index contributed by atoms with van der Waals surface area (Å²) in [5.41, 5.74) is 9.13. The Bertz CT molecular complexity index is 1170. The van der Waals surface area contributed by atoms with Crippen LogP contribution in [0.25, 0.3) is 0 Å². The number of hydrogen-bond donors (Lipinski definition) is 1. The van der Waals surface area contributed by atoms with Gasteiger partial charge in [-0.25, -0.2) is 0 Å². The summed E-state index contributed by atoms with van der Waals surface area (Å²) in [6.07, 6.45) is 1.56. The molecule has 0 fully saturated rings. The van der Waals surface area contributed by atoms with E-state index in [4.69, 9.17) is 15.2 Å². The summed E-state index contributed by atoms with van der Waals surface area (Å²) in [5, 5.41) is 19.7. The van der Waals surface area contributed by atoms with Crippen molar-refractivity contribution in [2.45, 2.75) is 19.3 Å². The third-order valence-corrected chi connectivity index (χ3v) is 5.46. The lowest BCUT2D eigenvalue weighted by Crippen LogP contribution is -2.06. The highest BCUT2D eigenvalue weighted by Crippen LogP contribution is 2.30. The van der Waals surface area contributed by atoms with Crippen LogP contribution in [-0.2, 0) is 12.4 Å². The van der Waals surface area contributed by atoms with E-state index in [0.717, 1.165) is 16.7 Å². The number of nitro groups is 1. The first-order valence-electron chi connectivity index (χ1n) is 10.0. The van der Waals surface area contributed by atoms with Crippen molar-refractivity contribution in [2.75, 3.05) is 7.11 Å². The SMILES string of the molecule is COc1cc(C=NN=C(N)SCc2ccccc2)ccc1OCc1ccc(C)cc1[N+](=O)[O-]. The predicted molar refractivity (Wildman–Crippen MR) is 132 cm³/mol. The molecule has 3 rings (SSSR count). The van der Waals surface area contributed by atoms with E-state index in [2.05, 4.69) is 10.2 Å². The molecule has 3 aromatic rings. The minimum absolute atomic E-state index is 0.0262. The normalized spacial score (nSPS) is 11.5. The smallest absolute Gasteiger partial charge is 0.276 e. The Morgan fingerprint density at radius 3 is 2.64 bits per heavy atom. The maximum atomic E-state index is 11.3. The minimum atomic E-state index is -0.410. The average Bonchev–Trinajstić information content (AvgIpc) is 2.83. The lowest BCUT2D eigenvalue weighted by Gasteiger charge is -2.11. The largest absolute Gasteiger partial charge is 0.493 e. The maximum Gasteiger partial charge on any atom is 0.276 e. The Balaban J connectivity index is 1.63. The highest BCUT2D eigenvalue weighted by atomic mass is 32.2. The van der Waals surface area contributed by atoms with Crippen LogP contribution >= 0.6 is 11.8 Å². The van der Waals surface area contributed by atoms with Crippen molar-refractivity contribution in [1.82, 2.24) is 0 Å². The van der Waals surface area contributed by atoms with Gasteiger partial charge < -0.3 is 15.2 Å². The van der Waals surface area contributed by atoms with Crippen molar-refractivity contribution in [2.24, 2.45) is 15.9 Å². The molecule has 0 unspecified atom stereocenters. The van der Waals surface area contributed by atoms with Crippen LogP contribution in [-0.4, -0.2) is 23.4 Å². The monoisotopic (exact) mass is 464 g/mol. The second-order valence-electron chi connectivity index (χ2n) is 7.05. The van der Waals surface area contributed by atoms with E-state index in [1.54, 1.807) is 37.4 Å². The van der Waals surface area contributed by atoms with Gasteiger partial charge in [0.15, 0.2) is 16.7 Å². The van der Waals surface area contributed by atoms with Crippen LogP contribution in [0.15, 0.2) is 76.9 Å². The van der Waals surface area contributed by atoms with E-state index >= 15 is 0 Å². The molecular formula is C24H24N4O4S. The van der Waals surface area contributed by atoms with Gasteiger partial charge in [-0.1, -0.05) is 48.2 Å². The molecule has 3 aromatic carbocycles. The van der Waals surface area contributed by atoms with Crippen LogP contribution in [0.4, 0.5) is 5.69 Å². The summed E-state index contributed by atoms with van der Waals surface area (Å²) in [6.45, 7) is 1.85. The van der Waals surface area contributed by atoms with Gasteiger partial charge in [-0.3, -0.25) is 10.1 Å². The van der Waals surface area contributed by atoms with E-state index in [1.165, 1.54) is 24.9 Å². The number of nitrogens with two attached hydrogens (primary N) is 1. The predicted octanol–water partition coefficient (Wildman–Crippen LogP) is 5.07. The number of methoxy groups -OCH3 is 1. The molecule has 0 atom stereocenters. The molecule has 9 heteroatoms. The van der Waals surface area contributed by atoms with E-state index < -0.39 is 4.92 Å². The van der Waals surface area contributed by atoms with Gasteiger partial charge in [-0.2, -0.15) is 5.10 Å². The molecule has 0 aromatic heterocycles. The Morgan fingerprint density at radius 1 is 1.12 bits per heavy atom. The lowest BCUT2D eigenvalue weighted by molar-refractivity contribution is -0.385. The van der Waals surface area contributed by atoms with E-state index in [9.17, 15) is 10.1 Å². The van der Waals surface area contributed by atoms with Crippen LogP contribution in [0.1, 0.15) is 22.3 Å². The molecule has 170 valence electrons. The van der Waals surface area contributed by atoms with Crippen LogP contribution in [0.2, 0.25) is 0 Å². The molecule has 0 saturated heterocycles. The second-order valence-corrected chi connectivity index (χ2v) is 8.04. The number of hydrogen-bond acceptors (Lipinski definition) is 7. The summed E-state index contributed by atoms with van der Waals surface area (Å²) in [7, 11) is 1.52. The molecule has 0 saturated carbocycles.